The van der Waals surface area contributed by atoms with Crippen LogP contribution in [0.2, 0.25) is 0 Å². The molecular weight excluding hydrogens is 237 g/mol. The molecule has 0 bridgehead atoms. The van der Waals surface area contributed by atoms with Crippen molar-refractivity contribution in [2.45, 2.75) is 23.0 Å². The molecule has 0 radical (unpaired) electrons. The zero-order chi connectivity index (χ0) is 12.3. The quantitative estimate of drug-likeness (QED) is 0.850. The fourth-order valence-corrected chi connectivity index (χ4v) is 2.33. The molecule has 17 heavy (non-hydrogen) atoms. The molecule has 88 valence electrons. The standard InChI is InChI=1S/C12H12FN3S/c1-8(14)10-7-9(13)3-4-11(10)17-12-15-5-2-6-16-12/h2-8H,14H2,1H3/t8-/m1/s1. The van der Waals surface area contributed by atoms with E-state index in [1.54, 1.807) is 24.5 Å². The van der Waals surface area contributed by atoms with Crippen LogP contribution >= 0.6 is 11.8 Å². The minimum Gasteiger partial charge on any atom is -0.324 e. The SMILES string of the molecule is C[C@@H](N)c1cc(F)ccc1Sc1ncccn1. The molecule has 0 saturated heterocycles. The van der Waals surface area contributed by atoms with Crippen LogP contribution < -0.4 is 5.73 Å². The first-order chi connectivity index (χ1) is 8.16. The summed E-state index contributed by atoms with van der Waals surface area (Å²) in [6.45, 7) is 1.82. The van der Waals surface area contributed by atoms with Crippen molar-refractivity contribution in [3.05, 3.63) is 48.0 Å². The average Bonchev–Trinajstić information content (AvgIpc) is 2.32. The smallest absolute Gasteiger partial charge is 0.192 e. The normalized spacial score (nSPS) is 12.4. The van der Waals surface area contributed by atoms with Gasteiger partial charge in [0.15, 0.2) is 5.16 Å². The van der Waals surface area contributed by atoms with Crippen molar-refractivity contribution in [3.8, 4) is 0 Å². The minimum absolute atomic E-state index is 0.225. The number of benzene rings is 1. The van der Waals surface area contributed by atoms with Crippen LogP contribution in [-0.4, -0.2) is 9.97 Å². The lowest BCUT2D eigenvalue weighted by Gasteiger charge is -2.11. The third kappa shape index (κ3) is 3.01. The van der Waals surface area contributed by atoms with Crippen LogP contribution in [0.3, 0.4) is 0 Å². The largest absolute Gasteiger partial charge is 0.324 e. The van der Waals surface area contributed by atoms with E-state index in [1.165, 1.54) is 23.9 Å². The van der Waals surface area contributed by atoms with Crippen LogP contribution in [0.5, 0.6) is 0 Å². The highest BCUT2D eigenvalue weighted by atomic mass is 32.2. The van der Waals surface area contributed by atoms with Gasteiger partial charge in [-0.3, -0.25) is 0 Å². The molecule has 3 nitrogen and oxygen atoms in total. The predicted octanol–water partition coefficient (Wildman–Crippen LogP) is 2.79. The zero-order valence-corrected chi connectivity index (χ0v) is 10.1. The molecule has 5 heteroatoms. The summed E-state index contributed by atoms with van der Waals surface area (Å²) in [6.07, 6.45) is 3.34. The molecule has 0 fully saturated rings. The molecule has 0 aliphatic carbocycles. The molecule has 1 heterocycles. The average molecular weight is 249 g/mol. The van der Waals surface area contributed by atoms with Crippen molar-refractivity contribution < 1.29 is 4.39 Å². The Morgan fingerprint density at radius 3 is 2.65 bits per heavy atom. The van der Waals surface area contributed by atoms with Gasteiger partial charge < -0.3 is 5.73 Å². The van der Waals surface area contributed by atoms with Gasteiger partial charge in [-0.2, -0.15) is 0 Å². The summed E-state index contributed by atoms with van der Waals surface area (Å²) < 4.78 is 13.2. The Kier molecular flexibility index (Phi) is 3.71. The fourth-order valence-electron chi connectivity index (χ4n) is 1.40. The molecule has 2 rings (SSSR count). The summed E-state index contributed by atoms with van der Waals surface area (Å²) in [5.74, 6) is -0.282. The minimum atomic E-state index is -0.282. The molecule has 0 saturated carbocycles. The lowest BCUT2D eigenvalue weighted by atomic mass is 10.1. The first-order valence-corrected chi connectivity index (χ1v) is 5.98. The molecule has 0 amide bonds. The third-order valence-corrected chi connectivity index (χ3v) is 3.19. The number of halogens is 1. The van der Waals surface area contributed by atoms with Crippen LogP contribution in [0.1, 0.15) is 18.5 Å². The van der Waals surface area contributed by atoms with Gasteiger partial charge in [0, 0.05) is 23.3 Å². The number of nitrogens with two attached hydrogens (primary N) is 1. The summed E-state index contributed by atoms with van der Waals surface area (Å²) in [4.78, 5) is 9.11. The monoisotopic (exact) mass is 249 g/mol. The van der Waals surface area contributed by atoms with Gasteiger partial charge in [-0.15, -0.1) is 0 Å². The van der Waals surface area contributed by atoms with Crippen molar-refractivity contribution in [1.29, 1.82) is 0 Å². The summed E-state index contributed by atoms with van der Waals surface area (Å²) in [5.41, 5.74) is 6.58. The molecule has 2 N–H and O–H groups in total. The topological polar surface area (TPSA) is 51.8 Å². The van der Waals surface area contributed by atoms with Crippen LogP contribution in [0.4, 0.5) is 4.39 Å². The predicted molar refractivity (Wildman–Crippen MR) is 65.2 cm³/mol. The van der Waals surface area contributed by atoms with Crippen molar-refractivity contribution in [2.24, 2.45) is 5.73 Å². The van der Waals surface area contributed by atoms with Gasteiger partial charge in [0.05, 0.1) is 0 Å². The number of hydrogen-bond acceptors (Lipinski definition) is 4. The van der Waals surface area contributed by atoms with Gasteiger partial charge in [0.1, 0.15) is 5.82 Å². The molecule has 0 aliphatic heterocycles. The van der Waals surface area contributed by atoms with Crippen LogP contribution in [0, 0.1) is 5.82 Å². The van der Waals surface area contributed by atoms with Crippen LogP contribution in [-0.2, 0) is 0 Å². The number of nitrogens with zero attached hydrogens (tertiary/aromatic N) is 2. The highest BCUT2D eigenvalue weighted by Crippen LogP contribution is 2.30. The van der Waals surface area contributed by atoms with Gasteiger partial charge >= 0.3 is 0 Å². The number of rotatable bonds is 3. The third-order valence-electron chi connectivity index (χ3n) is 2.21. The van der Waals surface area contributed by atoms with Crippen LogP contribution in [0.15, 0.2) is 46.7 Å². The Hall–Kier alpha value is -1.46. The van der Waals surface area contributed by atoms with Crippen LogP contribution in [0.25, 0.3) is 0 Å². The van der Waals surface area contributed by atoms with Gasteiger partial charge in [-0.05, 0) is 48.5 Å². The highest BCUT2D eigenvalue weighted by molar-refractivity contribution is 7.99. The molecule has 0 unspecified atom stereocenters. The summed E-state index contributed by atoms with van der Waals surface area (Å²) in [6, 6.07) is 6.10. The van der Waals surface area contributed by atoms with E-state index < -0.39 is 0 Å². The second kappa shape index (κ2) is 5.25. The molecule has 0 spiro atoms. The van der Waals surface area contributed by atoms with E-state index in [2.05, 4.69) is 9.97 Å². The molecule has 1 atom stereocenters. The summed E-state index contributed by atoms with van der Waals surface area (Å²) >= 11 is 1.38. The summed E-state index contributed by atoms with van der Waals surface area (Å²) in [7, 11) is 0. The van der Waals surface area contributed by atoms with E-state index in [1.807, 2.05) is 6.92 Å². The first kappa shape index (κ1) is 12.0. The Morgan fingerprint density at radius 2 is 2.00 bits per heavy atom. The Balaban J connectivity index is 2.33. The second-order valence-electron chi connectivity index (χ2n) is 3.60. The van der Waals surface area contributed by atoms with Gasteiger partial charge in [0.25, 0.3) is 0 Å². The Bertz CT molecular complexity index is 502. The summed E-state index contributed by atoms with van der Waals surface area (Å²) in [5, 5.41) is 0.626. The van der Waals surface area contributed by atoms with Gasteiger partial charge in [0.2, 0.25) is 0 Å². The molecule has 0 aliphatic rings. The van der Waals surface area contributed by atoms with Gasteiger partial charge in [-0.25, -0.2) is 14.4 Å². The lowest BCUT2D eigenvalue weighted by Crippen LogP contribution is -2.07. The fraction of sp³-hybridized carbons (Fsp3) is 0.167. The lowest BCUT2D eigenvalue weighted by molar-refractivity contribution is 0.619. The van der Waals surface area contributed by atoms with E-state index in [9.17, 15) is 4.39 Å². The molecular formula is C12H12FN3S. The van der Waals surface area contributed by atoms with Gasteiger partial charge in [-0.1, -0.05) is 0 Å². The second-order valence-corrected chi connectivity index (χ2v) is 4.61. The Labute approximate surface area is 103 Å². The van der Waals surface area contributed by atoms with E-state index in [0.29, 0.717) is 5.16 Å². The maximum absolute atomic E-state index is 13.2. The first-order valence-electron chi connectivity index (χ1n) is 5.16. The Morgan fingerprint density at radius 1 is 1.29 bits per heavy atom. The molecule has 2 aromatic rings. The molecule has 1 aromatic carbocycles. The van der Waals surface area contributed by atoms with Crippen molar-refractivity contribution in [1.82, 2.24) is 9.97 Å². The number of hydrogen-bond donors (Lipinski definition) is 1. The number of aromatic nitrogens is 2. The van der Waals surface area contributed by atoms with Crippen molar-refractivity contribution in [3.63, 3.8) is 0 Å². The van der Waals surface area contributed by atoms with E-state index in [4.69, 9.17) is 5.73 Å². The van der Waals surface area contributed by atoms with E-state index in [0.717, 1.165) is 10.5 Å². The van der Waals surface area contributed by atoms with Crippen molar-refractivity contribution in [2.75, 3.05) is 0 Å². The molecule has 1 aromatic heterocycles. The zero-order valence-electron chi connectivity index (χ0n) is 9.30. The maximum Gasteiger partial charge on any atom is 0.192 e. The van der Waals surface area contributed by atoms with E-state index in [-0.39, 0.29) is 11.9 Å². The maximum atomic E-state index is 13.2. The highest BCUT2D eigenvalue weighted by Gasteiger charge is 2.10. The van der Waals surface area contributed by atoms with Crippen molar-refractivity contribution >= 4 is 11.8 Å². The van der Waals surface area contributed by atoms with E-state index >= 15 is 0 Å².